The Labute approximate surface area is 261 Å². The average Bonchev–Trinajstić information content (AvgIpc) is 3.51. The maximum absolute atomic E-state index is 13.8. The average molecular weight is 620 g/mol. The summed E-state index contributed by atoms with van der Waals surface area (Å²) in [5, 5.41) is 18.4. The predicted molar refractivity (Wildman–Crippen MR) is 167 cm³/mol. The van der Waals surface area contributed by atoms with Crippen LogP contribution in [0.15, 0.2) is 60.7 Å². The summed E-state index contributed by atoms with van der Waals surface area (Å²) in [5.41, 5.74) is 1.56. The maximum Gasteiger partial charge on any atom is 0.323 e. The summed E-state index contributed by atoms with van der Waals surface area (Å²) in [6.45, 7) is 3.99. The van der Waals surface area contributed by atoms with Gasteiger partial charge < -0.3 is 49.8 Å². The lowest BCUT2D eigenvalue weighted by atomic mass is 9.99. The molecule has 0 aromatic heterocycles. The summed E-state index contributed by atoms with van der Waals surface area (Å²) in [6.07, 6.45) is -0.586. The van der Waals surface area contributed by atoms with Crippen molar-refractivity contribution in [1.82, 2.24) is 9.80 Å². The molecule has 5 amide bonds. The maximum atomic E-state index is 13.8. The smallest absolute Gasteiger partial charge is 0.323 e. The lowest BCUT2D eigenvalue weighted by Crippen LogP contribution is -2.50. The molecule has 5 rings (SSSR count). The van der Waals surface area contributed by atoms with Crippen LogP contribution in [-0.4, -0.2) is 85.7 Å². The van der Waals surface area contributed by atoms with E-state index in [0.717, 1.165) is 0 Å². The zero-order chi connectivity index (χ0) is 32.1. The largest absolute Gasteiger partial charge is 0.497 e. The van der Waals surface area contributed by atoms with Crippen molar-refractivity contribution in [3.63, 3.8) is 0 Å². The normalized spacial score (nSPS) is 17.6. The SMILES string of the molecule is COc1ccc(NC(=O)N(C)C[C@H]2Oc3c(NC(=O)Nc4ccc5c(c4)OCO5)cccc3C(=O)N([C@H](C)CO)C[C@H]2C)cc1. The van der Waals surface area contributed by atoms with Gasteiger partial charge in [0.25, 0.3) is 5.91 Å². The van der Waals surface area contributed by atoms with E-state index in [-0.39, 0.29) is 61.3 Å². The topological polar surface area (TPSA) is 151 Å². The molecule has 0 saturated carbocycles. The standard InChI is InChI=1S/C32H37N5O8/c1-19-15-37(20(2)17-38)30(39)24-6-5-7-25(35-31(40)33-22-10-13-26-27(14-22)44-18-43-26)29(24)45-28(19)16-36(3)32(41)34-21-8-11-23(42-4)12-9-21/h5-14,19-20,28,38H,15-18H2,1-4H3,(H,34,41)(H2,33,35,40)/t19-,20-,28-/m1/s1. The van der Waals surface area contributed by atoms with Crippen LogP contribution < -0.4 is 34.9 Å². The number of para-hydroxylation sites is 1. The number of carbonyl (C=O) groups is 3. The Balaban J connectivity index is 1.38. The van der Waals surface area contributed by atoms with Gasteiger partial charge in [-0.3, -0.25) is 4.79 Å². The predicted octanol–water partition coefficient (Wildman–Crippen LogP) is 4.45. The van der Waals surface area contributed by atoms with Gasteiger partial charge in [-0.05, 0) is 55.5 Å². The minimum absolute atomic E-state index is 0.107. The molecule has 0 saturated heterocycles. The molecule has 3 aromatic rings. The molecule has 0 fully saturated rings. The number of aliphatic hydroxyl groups excluding tert-OH is 1. The first kappa shape index (κ1) is 31.3. The molecule has 2 aliphatic rings. The molecule has 45 heavy (non-hydrogen) atoms. The number of hydrogen-bond acceptors (Lipinski definition) is 8. The molecule has 13 heteroatoms. The number of aliphatic hydroxyl groups is 1. The fourth-order valence-electron chi connectivity index (χ4n) is 5.06. The van der Waals surface area contributed by atoms with E-state index in [1.165, 1.54) is 4.90 Å². The first-order valence-electron chi connectivity index (χ1n) is 14.5. The van der Waals surface area contributed by atoms with Crippen molar-refractivity contribution in [3.05, 3.63) is 66.2 Å². The van der Waals surface area contributed by atoms with E-state index in [4.69, 9.17) is 18.9 Å². The van der Waals surface area contributed by atoms with Gasteiger partial charge in [0.15, 0.2) is 17.2 Å². The van der Waals surface area contributed by atoms with Crippen LogP contribution in [0.4, 0.5) is 26.7 Å². The molecule has 2 aliphatic heterocycles. The van der Waals surface area contributed by atoms with Crippen LogP contribution in [0.25, 0.3) is 0 Å². The Morgan fingerprint density at radius 3 is 2.51 bits per heavy atom. The fourth-order valence-corrected chi connectivity index (χ4v) is 5.06. The molecule has 3 atom stereocenters. The Morgan fingerprint density at radius 2 is 1.78 bits per heavy atom. The number of ether oxygens (including phenoxy) is 4. The Hall–Kier alpha value is -5.17. The Bertz CT molecular complexity index is 1550. The minimum atomic E-state index is -0.586. The van der Waals surface area contributed by atoms with Crippen LogP contribution in [0.2, 0.25) is 0 Å². The molecule has 0 aliphatic carbocycles. The van der Waals surface area contributed by atoms with Gasteiger partial charge in [-0.25, -0.2) is 9.59 Å². The molecule has 2 heterocycles. The van der Waals surface area contributed by atoms with E-state index < -0.39 is 18.2 Å². The highest BCUT2D eigenvalue weighted by atomic mass is 16.7. The number of nitrogens with one attached hydrogen (secondary N) is 3. The number of benzene rings is 3. The number of amides is 5. The Kier molecular flexibility index (Phi) is 9.48. The summed E-state index contributed by atoms with van der Waals surface area (Å²) in [7, 11) is 3.22. The molecule has 238 valence electrons. The monoisotopic (exact) mass is 619 g/mol. The second kappa shape index (κ2) is 13.6. The van der Waals surface area contributed by atoms with Crippen LogP contribution in [0.3, 0.4) is 0 Å². The third-order valence-corrected chi connectivity index (χ3v) is 7.71. The van der Waals surface area contributed by atoms with Gasteiger partial charge in [-0.1, -0.05) is 13.0 Å². The third-order valence-electron chi connectivity index (χ3n) is 7.71. The van der Waals surface area contributed by atoms with Gasteiger partial charge in [0.1, 0.15) is 11.9 Å². The lowest BCUT2D eigenvalue weighted by molar-refractivity contribution is 0.0373. The molecule has 3 aromatic carbocycles. The van der Waals surface area contributed by atoms with Gasteiger partial charge in [0.05, 0.1) is 37.6 Å². The van der Waals surface area contributed by atoms with E-state index in [2.05, 4.69) is 16.0 Å². The number of hydrogen-bond donors (Lipinski definition) is 4. The van der Waals surface area contributed by atoms with Crippen LogP contribution in [0, 0.1) is 5.92 Å². The van der Waals surface area contributed by atoms with Crippen molar-refractivity contribution in [2.24, 2.45) is 5.92 Å². The van der Waals surface area contributed by atoms with Gasteiger partial charge in [0.2, 0.25) is 6.79 Å². The van der Waals surface area contributed by atoms with Crippen molar-refractivity contribution >= 4 is 35.0 Å². The molecule has 4 N–H and O–H groups in total. The van der Waals surface area contributed by atoms with Crippen molar-refractivity contribution in [1.29, 1.82) is 0 Å². The lowest BCUT2D eigenvalue weighted by Gasteiger charge is -2.38. The molecular weight excluding hydrogens is 582 g/mol. The number of rotatable bonds is 8. The number of anilines is 3. The van der Waals surface area contributed by atoms with Gasteiger partial charge in [-0.2, -0.15) is 0 Å². The number of carbonyl (C=O) groups excluding carboxylic acids is 3. The number of urea groups is 2. The molecule has 0 bridgehead atoms. The van der Waals surface area contributed by atoms with Crippen LogP contribution >= 0.6 is 0 Å². The van der Waals surface area contributed by atoms with Gasteiger partial charge in [-0.15, -0.1) is 0 Å². The Morgan fingerprint density at radius 1 is 1.04 bits per heavy atom. The van der Waals surface area contributed by atoms with Crippen molar-refractivity contribution in [3.8, 4) is 23.0 Å². The van der Waals surface area contributed by atoms with Crippen LogP contribution in [0.1, 0.15) is 24.2 Å². The van der Waals surface area contributed by atoms with E-state index in [1.54, 1.807) is 86.6 Å². The van der Waals surface area contributed by atoms with Gasteiger partial charge in [0, 0.05) is 37.0 Å². The van der Waals surface area contributed by atoms with Gasteiger partial charge >= 0.3 is 12.1 Å². The highest BCUT2D eigenvalue weighted by Gasteiger charge is 2.35. The molecule has 0 unspecified atom stereocenters. The van der Waals surface area contributed by atoms with Crippen LogP contribution in [0.5, 0.6) is 23.0 Å². The zero-order valence-corrected chi connectivity index (χ0v) is 25.5. The number of methoxy groups -OCH3 is 1. The second-order valence-corrected chi connectivity index (χ2v) is 11.0. The van der Waals surface area contributed by atoms with E-state index >= 15 is 0 Å². The molecule has 0 spiro atoms. The number of fused-ring (bicyclic) bond motifs is 2. The summed E-state index contributed by atoms with van der Waals surface area (Å²) in [5.74, 6) is 1.33. The quantitative estimate of drug-likeness (QED) is 0.289. The third kappa shape index (κ3) is 7.15. The zero-order valence-electron chi connectivity index (χ0n) is 25.5. The van der Waals surface area contributed by atoms with E-state index in [9.17, 15) is 19.5 Å². The number of likely N-dealkylation sites (N-methyl/N-ethyl adjacent to an activating group) is 1. The highest BCUT2D eigenvalue weighted by Crippen LogP contribution is 2.36. The second-order valence-electron chi connectivity index (χ2n) is 11.0. The molecule has 13 nitrogen and oxygen atoms in total. The molecular formula is C32H37N5O8. The summed E-state index contributed by atoms with van der Waals surface area (Å²) >= 11 is 0. The summed E-state index contributed by atoms with van der Waals surface area (Å²) in [6, 6.07) is 15.5. The van der Waals surface area contributed by atoms with Crippen molar-refractivity contribution in [2.45, 2.75) is 26.0 Å². The first-order valence-corrected chi connectivity index (χ1v) is 14.5. The number of nitrogens with zero attached hydrogens (tertiary/aromatic N) is 2. The molecule has 0 radical (unpaired) electrons. The van der Waals surface area contributed by atoms with Crippen molar-refractivity contribution < 1.29 is 38.4 Å². The van der Waals surface area contributed by atoms with Crippen molar-refractivity contribution in [2.75, 3.05) is 56.6 Å². The van der Waals surface area contributed by atoms with Crippen LogP contribution in [-0.2, 0) is 0 Å². The van der Waals surface area contributed by atoms with E-state index in [0.29, 0.717) is 28.6 Å². The van der Waals surface area contributed by atoms with E-state index in [1.807, 2.05) is 6.92 Å². The fraction of sp³-hybridized carbons (Fsp3) is 0.344. The summed E-state index contributed by atoms with van der Waals surface area (Å²) < 4.78 is 22.4. The first-order chi connectivity index (χ1) is 21.7. The summed E-state index contributed by atoms with van der Waals surface area (Å²) in [4.78, 5) is 43.1. The highest BCUT2D eigenvalue weighted by molar-refractivity contribution is 6.04. The minimum Gasteiger partial charge on any atom is -0.497 e.